The van der Waals surface area contributed by atoms with Gasteiger partial charge < -0.3 is 0 Å². The molecule has 0 unspecified atom stereocenters. The van der Waals surface area contributed by atoms with Gasteiger partial charge >= 0.3 is 0 Å². The summed E-state index contributed by atoms with van der Waals surface area (Å²) in [6.45, 7) is 1.34. The van der Waals surface area contributed by atoms with Crippen LogP contribution < -0.4 is 5.01 Å². The third-order valence-electron chi connectivity index (χ3n) is 4.29. The Kier molecular flexibility index (Phi) is 4.67. The summed E-state index contributed by atoms with van der Waals surface area (Å²) < 4.78 is -1.25. The average Bonchev–Trinajstić information content (AvgIpc) is 2.86. The highest BCUT2D eigenvalue weighted by Gasteiger charge is 2.55. The van der Waals surface area contributed by atoms with Crippen molar-refractivity contribution in [2.75, 3.05) is 11.6 Å². The molecule has 0 bridgehead atoms. The highest BCUT2D eigenvalue weighted by Crippen LogP contribution is 2.43. The molecule has 1 heterocycles. The van der Waals surface area contributed by atoms with Gasteiger partial charge in [0, 0.05) is 4.92 Å². The molecule has 1 aliphatic heterocycles. The number of hydrogen-bond acceptors (Lipinski definition) is 4. The van der Waals surface area contributed by atoms with Crippen molar-refractivity contribution in [3.05, 3.63) is 76.3 Å². The first-order valence-electron chi connectivity index (χ1n) is 7.75. The first-order valence-corrected chi connectivity index (χ1v) is 8.55. The van der Waals surface area contributed by atoms with E-state index in [9.17, 15) is 14.9 Å². The number of hydrogen-bond donors (Lipinski definition) is 0. The lowest BCUT2D eigenvalue weighted by Gasteiger charge is -2.29. The second-order valence-electron chi connectivity index (χ2n) is 5.83. The van der Waals surface area contributed by atoms with Crippen LogP contribution in [0.25, 0.3) is 0 Å². The third-order valence-corrected chi connectivity index (χ3v) is 5.76. The fourth-order valence-electron chi connectivity index (χ4n) is 3.02. The van der Waals surface area contributed by atoms with Gasteiger partial charge in [0.15, 0.2) is 4.32 Å². The van der Waals surface area contributed by atoms with E-state index in [4.69, 9.17) is 0 Å². The number of alkyl halides is 1. The molecule has 2 aromatic carbocycles. The lowest BCUT2D eigenvalue weighted by Crippen LogP contribution is -2.47. The average molecular weight is 402 g/mol. The Morgan fingerprint density at radius 1 is 1.16 bits per heavy atom. The van der Waals surface area contributed by atoms with Crippen LogP contribution in [0.1, 0.15) is 18.4 Å². The number of halogens is 1. The van der Waals surface area contributed by atoms with Crippen molar-refractivity contribution in [1.82, 2.24) is 0 Å². The van der Waals surface area contributed by atoms with Crippen molar-refractivity contribution >= 4 is 33.2 Å². The molecule has 2 aromatic rings. The standard InChI is InChI=1S/C18H16BrN3O3/c1-13-18(19,16(12-21(24)25)14-8-4-2-5-9-14)17(23)22(20-13)15-10-6-3-7-11-15/h2-11,16H,12H2,1H3/t16-,18-/m0/s1. The first-order chi connectivity index (χ1) is 11.9. The van der Waals surface area contributed by atoms with Crippen LogP contribution in [-0.4, -0.2) is 27.4 Å². The molecule has 128 valence electrons. The molecule has 0 N–H and O–H groups in total. The minimum atomic E-state index is -1.25. The smallest absolute Gasteiger partial charge is 0.270 e. The van der Waals surface area contributed by atoms with Crippen LogP contribution in [0, 0.1) is 10.1 Å². The Morgan fingerprint density at radius 2 is 1.72 bits per heavy atom. The number of carbonyl (C=O) groups excluding carboxylic acids is 1. The molecule has 3 rings (SSSR count). The number of nitrogens with zero attached hydrogens (tertiary/aromatic N) is 3. The van der Waals surface area contributed by atoms with Crippen LogP contribution in [0.5, 0.6) is 0 Å². The Hall–Kier alpha value is -2.54. The van der Waals surface area contributed by atoms with E-state index >= 15 is 0 Å². The first kappa shape index (κ1) is 17.3. The highest BCUT2D eigenvalue weighted by molar-refractivity contribution is 9.10. The maximum absolute atomic E-state index is 13.2. The zero-order valence-corrected chi connectivity index (χ0v) is 15.1. The predicted molar refractivity (Wildman–Crippen MR) is 99.7 cm³/mol. The molecule has 0 radical (unpaired) electrons. The number of rotatable bonds is 5. The summed E-state index contributed by atoms with van der Waals surface area (Å²) in [6.07, 6.45) is 0. The molecule has 0 spiro atoms. The topological polar surface area (TPSA) is 75.8 Å². The Bertz CT molecular complexity index is 826. The van der Waals surface area contributed by atoms with Crippen molar-refractivity contribution in [1.29, 1.82) is 0 Å². The van der Waals surface area contributed by atoms with Gasteiger partial charge in [-0.15, -0.1) is 0 Å². The van der Waals surface area contributed by atoms with Crippen LogP contribution in [-0.2, 0) is 4.79 Å². The normalized spacial score (nSPS) is 21.1. The van der Waals surface area contributed by atoms with Crippen LogP contribution in [0.2, 0.25) is 0 Å². The maximum Gasteiger partial charge on any atom is 0.271 e. The van der Waals surface area contributed by atoms with Crippen LogP contribution in [0.15, 0.2) is 65.8 Å². The van der Waals surface area contributed by atoms with Crippen LogP contribution in [0.4, 0.5) is 5.69 Å². The fourth-order valence-corrected chi connectivity index (χ4v) is 3.67. The molecule has 1 amide bonds. The molecule has 0 saturated carbocycles. The number of hydrazone groups is 1. The van der Waals surface area contributed by atoms with E-state index < -0.39 is 15.2 Å². The Labute approximate surface area is 153 Å². The number of para-hydroxylation sites is 1. The monoisotopic (exact) mass is 401 g/mol. The van der Waals surface area contributed by atoms with E-state index in [1.54, 1.807) is 43.3 Å². The predicted octanol–water partition coefficient (Wildman–Crippen LogP) is 3.60. The van der Waals surface area contributed by atoms with Gasteiger partial charge in [-0.1, -0.05) is 64.5 Å². The molecule has 0 saturated heterocycles. The number of carbonyl (C=O) groups is 1. The summed E-state index contributed by atoms with van der Waals surface area (Å²) in [5, 5.41) is 16.9. The van der Waals surface area contributed by atoms with Gasteiger partial charge in [-0.05, 0) is 24.6 Å². The van der Waals surface area contributed by atoms with E-state index in [0.29, 0.717) is 17.0 Å². The van der Waals surface area contributed by atoms with Gasteiger partial charge in [0.2, 0.25) is 6.54 Å². The Morgan fingerprint density at radius 3 is 2.28 bits per heavy atom. The zero-order valence-electron chi connectivity index (χ0n) is 13.5. The van der Waals surface area contributed by atoms with Crippen molar-refractivity contribution in [2.24, 2.45) is 5.10 Å². The van der Waals surface area contributed by atoms with E-state index in [0.717, 1.165) is 0 Å². The molecule has 7 heteroatoms. The summed E-state index contributed by atoms with van der Waals surface area (Å²) in [4.78, 5) is 24.0. The lowest BCUT2D eigenvalue weighted by atomic mass is 9.82. The van der Waals surface area contributed by atoms with Gasteiger partial charge in [-0.2, -0.15) is 10.1 Å². The van der Waals surface area contributed by atoms with E-state index in [1.807, 2.05) is 24.3 Å². The van der Waals surface area contributed by atoms with Gasteiger partial charge in [0.05, 0.1) is 17.3 Å². The molecular weight excluding hydrogens is 386 g/mol. The number of nitro groups is 1. The quantitative estimate of drug-likeness (QED) is 0.436. The molecule has 6 nitrogen and oxygen atoms in total. The zero-order chi connectivity index (χ0) is 18.0. The molecule has 0 aliphatic carbocycles. The number of anilines is 1. The summed E-state index contributed by atoms with van der Waals surface area (Å²) in [6, 6.07) is 18.1. The largest absolute Gasteiger partial charge is 0.271 e. The van der Waals surface area contributed by atoms with Gasteiger partial charge in [0.25, 0.3) is 5.91 Å². The molecule has 2 atom stereocenters. The summed E-state index contributed by atoms with van der Waals surface area (Å²) in [5.41, 5.74) is 1.84. The molecule has 0 aromatic heterocycles. The van der Waals surface area contributed by atoms with Crippen molar-refractivity contribution < 1.29 is 9.72 Å². The van der Waals surface area contributed by atoms with E-state index in [-0.39, 0.29) is 12.5 Å². The molecule has 0 fully saturated rings. The number of amides is 1. The fraction of sp³-hybridized carbons (Fsp3) is 0.222. The Balaban J connectivity index is 2.05. The van der Waals surface area contributed by atoms with Crippen LogP contribution in [0.3, 0.4) is 0 Å². The molecular formula is C18H16BrN3O3. The van der Waals surface area contributed by atoms with Gasteiger partial charge in [0.1, 0.15) is 0 Å². The second-order valence-corrected chi connectivity index (χ2v) is 7.08. The second kappa shape index (κ2) is 6.76. The summed E-state index contributed by atoms with van der Waals surface area (Å²) in [5.74, 6) is -0.999. The van der Waals surface area contributed by atoms with Crippen LogP contribution >= 0.6 is 15.9 Å². The third kappa shape index (κ3) is 3.07. The van der Waals surface area contributed by atoms with Crippen molar-refractivity contribution in [2.45, 2.75) is 17.2 Å². The van der Waals surface area contributed by atoms with Gasteiger partial charge in [-0.3, -0.25) is 14.9 Å². The van der Waals surface area contributed by atoms with E-state index in [2.05, 4.69) is 21.0 Å². The van der Waals surface area contributed by atoms with Crippen molar-refractivity contribution in [3.8, 4) is 0 Å². The van der Waals surface area contributed by atoms with Gasteiger partial charge in [-0.25, -0.2) is 0 Å². The number of benzene rings is 2. The lowest BCUT2D eigenvalue weighted by molar-refractivity contribution is -0.483. The minimum Gasteiger partial charge on any atom is -0.270 e. The maximum atomic E-state index is 13.2. The molecule has 25 heavy (non-hydrogen) atoms. The summed E-state index contributed by atoms with van der Waals surface area (Å²) in [7, 11) is 0. The van der Waals surface area contributed by atoms with E-state index in [1.165, 1.54) is 5.01 Å². The van der Waals surface area contributed by atoms with Crippen molar-refractivity contribution in [3.63, 3.8) is 0 Å². The highest BCUT2D eigenvalue weighted by atomic mass is 79.9. The SMILES string of the molecule is CC1=NN(c2ccccc2)C(=O)[C@@]1(Br)[C@@H](C[N+](=O)[O-])c1ccccc1. The minimum absolute atomic E-state index is 0.327. The summed E-state index contributed by atoms with van der Waals surface area (Å²) >= 11 is 3.52. The molecule has 1 aliphatic rings.